The first-order chi connectivity index (χ1) is 10.2. The zero-order valence-corrected chi connectivity index (χ0v) is 12.3. The van der Waals surface area contributed by atoms with Crippen molar-refractivity contribution in [2.75, 3.05) is 13.1 Å². The Hall–Kier alpha value is -1.94. The van der Waals surface area contributed by atoms with E-state index in [1.165, 1.54) is 12.8 Å². The van der Waals surface area contributed by atoms with Crippen molar-refractivity contribution in [1.29, 1.82) is 0 Å². The maximum Gasteiger partial charge on any atom is 0.203 e. The van der Waals surface area contributed by atoms with Crippen molar-refractivity contribution in [3.05, 3.63) is 42.2 Å². The Morgan fingerprint density at radius 1 is 1.29 bits per heavy atom. The summed E-state index contributed by atoms with van der Waals surface area (Å²) in [5, 5.41) is 4.00. The van der Waals surface area contributed by atoms with Crippen LogP contribution in [0.25, 0.3) is 11.3 Å². The molecular weight excluding hydrogens is 264 g/mol. The molecule has 0 saturated carbocycles. The Morgan fingerprint density at radius 3 is 2.71 bits per heavy atom. The van der Waals surface area contributed by atoms with Crippen LogP contribution in [-0.2, 0) is 0 Å². The summed E-state index contributed by atoms with van der Waals surface area (Å²) in [6, 6.07) is 11.8. The minimum atomic E-state index is 0.0316. The van der Waals surface area contributed by atoms with Gasteiger partial charge in [0.15, 0.2) is 0 Å². The Bertz CT molecular complexity index is 600. The Labute approximate surface area is 124 Å². The maximum absolute atomic E-state index is 12.3. The van der Waals surface area contributed by atoms with Crippen molar-refractivity contribution < 1.29 is 9.32 Å². The van der Waals surface area contributed by atoms with Gasteiger partial charge >= 0.3 is 0 Å². The summed E-state index contributed by atoms with van der Waals surface area (Å²) in [4.78, 5) is 14.7. The summed E-state index contributed by atoms with van der Waals surface area (Å²) in [7, 11) is 0. The van der Waals surface area contributed by atoms with E-state index in [1.54, 1.807) is 6.07 Å². The second-order valence-corrected chi connectivity index (χ2v) is 5.66. The molecule has 1 saturated heterocycles. The van der Waals surface area contributed by atoms with Crippen LogP contribution in [0.3, 0.4) is 0 Å². The van der Waals surface area contributed by atoms with Crippen molar-refractivity contribution in [3.63, 3.8) is 0 Å². The van der Waals surface area contributed by atoms with Crippen LogP contribution in [0.1, 0.15) is 36.7 Å². The highest BCUT2D eigenvalue weighted by atomic mass is 16.5. The van der Waals surface area contributed by atoms with Gasteiger partial charge in [-0.3, -0.25) is 4.79 Å². The molecule has 3 rings (SSSR count). The molecule has 0 amide bonds. The van der Waals surface area contributed by atoms with Gasteiger partial charge in [-0.05, 0) is 32.9 Å². The predicted molar refractivity (Wildman–Crippen MR) is 81.2 cm³/mol. The van der Waals surface area contributed by atoms with Crippen LogP contribution in [0.2, 0.25) is 0 Å². The van der Waals surface area contributed by atoms with Gasteiger partial charge in [-0.2, -0.15) is 0 Å². The van der Waals surface area contributed by atoms with E-state index >= 15 is 0 Å². The van der Waals surface area contributed by atoms with Crippen LogP contribution in [0, 0.1) is 0 Å². The number of hydrogen-bond acceptors (Lipinski definition) is 4. The number of benzene rings is 1. The van der Waals surface area contributed by atoms with Gasteiger partial charge in [0.05, 0.1) is 0 Å². The predicted octanol–water partition coefficient (Wildman–Crippen LogP) is 3.40. The molecule has 0 spiro atoms. The fourth-order valence-electron chi connectivity index (χ4n) is 2.83. The van der Waals surface area contributed by atoms with Gasteiger partial charge < -0.3 is 9.42 Å². The van der Waals surface area contributed by atoms with Crippen molar-refractivity contribution in [3.8, 4) is 11.3 Å². The second kappa shape index (κ2) is 6.22. The molecule has 1 aromatic carbocycles. The molecule has 1 aliphatic rings. The van der Waals surface area contributed by atoms with Crippen molar-refractivity contribution in [2.45, 2.75) is 32.2 Å². The highest BCUT2D eigenvalue weighted by Gasteiger charge is 2.23. The van der Waals surface area contributed by atoms with Crippen LogP contribution in [0.4, 0.5) is 0 Å². The van der Waals surface area contributed by atoms with Gasteiger partial charge in [0, 0.05) is 24.1 Å². The normalized spacial score (nSPS) is 17.0. The highest BCUT2D eigenvalue weighted by molar-refractivity contribution is 5.94. The Balaban J connectivity index is 1.67. The van der Waals surface area contributed by atoms with Gasteiger partial charge in [-0.25, -0.2) is 0 Å². The summed E-state index contributed by atoms with van der Waals surface area (Å²) in [5.74, 6) is 0.393. The van der Waals surface area contributed by atoms with E-state index in [4.69, 9.17) is 4.52 Å². The molecule has 0 N–H and O–H groups in total. The van der Waals surface area contributed by atoms with E-state index in [0.29, 0.717) is 17.9 Å². The molecule has 1 atom stereocenters. The molecule has 1 fully saturated rings. The largest absolute Gasteiger partial charge is 0.352 e. The van der Waals surface area contributed by atoms with Gasteiger partial charge in [-0.1, -0.05) is 35.5 Å². The fourth-order valence-corrected chi connectivity index (χ4v) is 2.83. The SMILES string of the molecule is CC(CC(=O)c1cc(-c2ccccc2)no1)N1CCCC1. The molecule has 0 aliphatic carbocycles. The van der Waals surface area contributed by atoms with E-state index in [1.807, 2.05) is 30.3 Å². The van der Waals surface area contributed by atoms with E-state index < -0.39 is 0 Å². The smallest absolute Gasteiger partial charge is 0.203 e. The molecule has 1 unspecified atom stereocenters. The summed E-state index contributed by atoms with van der Waals surface area (Å²) in [5.41, 5.74) is 1.68. The average molecular weight is 284 g/mol. The number of carbonyl (C=O) groups excluding carboxylic acids is 1. The van der Waals surface area contributed by atoms with Crippen molar-refractivity contribution in [1.82, 2.24) is 10.1 Å². The standard InChI is InChI=1S/C17H20N2O2/c1-13(19-9-5-6-10-19)11-16(20)17-12-15(18-21-17)14-7-3-2-4-8-14/h2-4,7-8,12-13H,5-6,9-11H2,1H3. The molecule has 4 heteroatoms. The molecule has 2 aromatic rings. The van der Waals surface area contributed by atoms with Gasteiger partial charge in [0.25, 0.3) is 0 Å². The number of Topliss-reactive ketones (excluding diaryl/α,β-unsaturated/α-hetero) is 1. The zero-order chi connectivity index (χ0) is 14.7. The first kappa shape index (κ1) is 14.0. The van der Waals surface area contributed by atoms with E-state index in [9.17, 15) is 4.79 Å². The van der Waals surface area contributed by atoms with E-state index in [0.717, 1.165) is 18.7 Å². The lowest BCUT2D eigenvalue weighted by Crippen LogP contribution is -2.31. The first-order valence-electron chi connectivity index (χ1n) is 7.53. The number of nitrogens with zero attached hydrogens (tertiary/aromatic N) is 2. The van der Waals surface area contributed by atoms with Gasteiger partial charge in [-0.15, -0.1) is 0 Å². The number of carbonyl (C=O) groups is 1. The minimum absolute atomic E-state index is 0.0316. The Morgan fingerprint density at radius 2 is 2.00 bits per heavy atom. The molecule has 2 heterocycles. The van der Waals surface area contributed by atoms with Crippen molar-refractivity contribution >= 4 is 5.78 Å². The van der Waals surface area contributed by atoms with Gasteiger partial charge in [0.1, 0.15) is 5.69 Å². The third kappa shape index (κ3) is 3.22. The number of rotatable bonds is 5. The number of aromatic nitrogens is 1. The van der Waals surface area contributed by atoms with Crippen LogP contribution in [0.15, 0.2) is 40.9 Å². The number of ketones is 1. The average Bonchev–Trinajstić information content (AvgIpc) is 3.20. The molecule has 4 nitrogen and oxygen atoms in total. The molecule has 1 aromatic heterocycles. The number of likely N-dealkylation sites (tertiary alicyclic amines) is 1. The topological polar surface area (TPSA) is 46.3 Å². The summed E-state index contributed by atoms with van der Waals surface area (Å²) < 4.78 is 5.23. The fraction of sp³-hybridized carbons (Fsp3) is 0.412. The minimum Gasteiger partial charge on any atom is -0.352 e. The lowest BCUT2D eigenvalue weighted by Gasteiger charge is -2.22. The third-order valence-electron chi connectivity index (χ3n) is 4.10. The van der Waals surface area contributed by atoms with E-state index in [-0.39, 0.29) is 11.8 Å². The lowest BCUT2D eigenvalue weighted by atomic mass is 10.1. The number of hydrogen-bond donors (Lipinski definition) is 0. The van der Waals surface area contributed by atoms with Crippen molar-refractivity contribution in [2.24, 2.45) is 0 Å². The molecule has 1 aliphatic heterocycles. The van der Waals surface area contributed by atoms with Crippen LogP contribution >= 0.6 is 0 Å². The van der Waals surface area contributed by atoms with E-state index in [2.05, 4.69) is 17.0 Å². The summed E-state index contributed by atoms with van der Waals surface area (Å²) in [6.45, 7) is 4.30. The second-order valence-electron chi connectivity index (χ2n) is 5.66. The summed E-state index contributed by atoms with van der Waals surface area (Å²) in [6.07, 6.45) is 2.96. The molecule has 0 radical (unpaired) electrons. The lowest BCUT2D eigenvalue weighted by molar-refractivity contribution is 0.0905. The Kier molecular flexibility index (Phi) is 4.15. The third-order valence-corrected chi connectivity index (χ3v) is 4.10. The summed E-state index contributed by atoms with van der Waals surface area (Å²) >= 11 is 0. The molecular formula is C17H20N2O2. The highest BCUT2D eigenvalue weighted by Crippen LogP contribution is 2.21. The molecule has 110 valence electrons. The van der Waals surface area contributed by atoms with Crippen LogP contribution in [0.5, 0.6) is 0 Å². The first-order valence-corrected chi connectivity index (χ1v) is 7.53. The maximum atomic E-state index is 12.3. The zero-order valence-electron chi connectivity index (χ0n) is 12.3. The molecule has 0 bridgehead atoms. The van der Waals surface area contributed by atoms with Gasteiger partial charge in [0.2, 0.25) is 11.5 Å². The van der Waals surface area contributed by atoms with Crippen LogP contribution < -0.4 is 0 Å². The molecule has 21 heavy (non-hydrogen) atoms. The van der Waals surface area contributed by atoms with Crippen LogP contribution in [-0.4, -0.2) is 35.0 Å². The quantitative estimate of drug-likeness (QED) is 0.789. The monoisotopic (exact) mass is 284 g/mol.